The molecule has 41 heavy (non-hydrogen) atoms. The van der Waals surface area contributed by atoms with Crippen LogP contribution in [0.3, 0.4) is 0 Å². The summed E-state index contributed by atoms with van der Waals surface area (Å²) in [6, 6.07) is 5.52. The Labute approximate surface area is 236 Å². The maximum absolute atomic E-state index is 13.9. The standard InChI is InChI=1S/C30H33N3O8/c1-29(2,3)28(40)32-15-7-6-12-8-13-9-14-10-17-21(33(4)5)24(36)20(27(31)39)26(38)30(17,41)25(37)19(14)23(35)18(13)22(34)16(12)11-15/h6-8,11,14,17,19-21,34,41H,9-10H2,1-5H3,(H2,31,39)(H,32,40)/t14-,17-,19?,20?,21-,30-/m0/s1. The monoisotopic (exact) mass is 563 g/mol. The first kappa shape index (κ1) is 28.6. The number of primary amides is 1. The summed E-state index contributed by atoms with van der Waals surface area (Å²) in [6.07, 6.45) is 0.165. The van der Waals surface area contributed by atoms with Crippen molar-refractivity contribution in [1.82, 2.24) is 4.90 Å². The molecular formula is C30H33N3O8. The molecule has 2 unspecified atom stereocenters. The molecule has 216 valence electrons. The summed E-state index contributed by atoms with van der Waals surface area (Å²) in [6.45, 7) is 5.27. The fourth-order valence-electron chi connectivity index (χ4n) is 6.77. The van der Waals surface area contributed by atoms with Crippen molar-refractivity contribution in [1.29, 1.82) is 0 Å². The Hall–Kier alpha value is -3.96. The minimum Gasteiger partial charge on any atom is -0.507 e. The summed E-state index contributed by atoms with van der Waals surface area (Å²) < 4.78 is 0. The topological polar surface area (TPSA) is 184 Å². The fourth-order valence-corrected chi connectivity index (χ4v) is 6.77. The van der Waals surface area contributed by atoms with Crippen molar-refractivity contribution in [2.45, 2.75) is 45.3 Å². The van der Waals surface area contributed by atoms with Gasteiger partial charge in [-0.3, -0.25) is 33.7 Å². The average Bonchev–Trinajstić information content (AvgIpc) is 2.85. The van der Waals surface area contributed by atoms with Gasteiger partial charge in [0, 0.05) is 22.4 Å². The number of phenolic OH excluding ortho intramolecular Hbond substituents is 1. The Morgan fingerprint density at radius 3 is 2.32 bits per heavy atom. The van der Waals surface area contributed by atoms with Gasteiger partial charge in [0.05, 0.1) is 17.5 Å². The van der Waals surface area contributed by atoms with Gasteiger partial charge in [0.2, 0.25) is 11.8 Å². The molecule has 0 aliphatic heterocycles. The van der Waals surface area contributed by atoms with E-state index >= 15 is 0 Å². The van der Waals surface area contributed by atoms with E-state index in [1.165, 1.54) is 25.1 Å². The van der Waals surface area contributed by atoms with Crippen LogP contribution >= 0.6 is 0 Å². The molecule has 0 spiro atoms. The van der Waals surface area contributed by atoms with Crippen LogP contribution < -0.4 is 11.1 Å². The summed E-state index contributed by atoms with van der Waals surface area (Å²) in [4.78, 5) is 80.4. The zero-order chi connectivity index (χ0) is 30.3. The van der Waals surface area contributed by atoms with Crippen LogP contribution in [0.2, 0.25) is 0 Å². The number of ketones is 4. The number of rotatable bonds is 3. The third-order valence-electron chi connectivity index (χ3n) is 8.80. The first-order chi connectivity index (χ1) is 19.0. The maximum Gasteiger partial charge on any atom is 0.235 e. The van der Waals surface area contributed by atoms with Gasteiger partial charge in [0.25, 0.3) is 0 Å². The number of likely N-dealkylation sites (N-methyl/N-ethyl adjacent to an activating group) is 1. The lowest BCUT2D eigenvalue weighted by atomic mass is 9.52. The predicted molar refractivity (Wildman–Crippen MR) is 147 cm³/mol. The molecule has 2 aromatic carbocycles. The molecule has 0 aromatic heterocycles. The number of amides is 2. The zero-order valence-electron chi connectivity index (χ0n) is 23.5. The summed E-state index contributed by atoms with van der Waals surface area (Å²) in [5.74, 6) is -11.1. The lowest BCUT2D eigenvalue weighted by molar-refractivity contribution is -0.181. The Morgan fingerprint density at radius 2 is 1.73 bits per heavy atom. The van der Waals surface area contributed by atoms with Crippen LogP contribution in [0.1, 0.15) is 43.1 Å². The number of Topliss-reactive ketones (excluding diaryl/α,β-unsaturated/α-hetero) is 4. The second-order valence-electron chi connectivity index (χ2n) is 12.7. The first-order valence-electron chi connectivity index (χ1n) is 13.4. The number of anilines is 1. The number of nitrogens with zero attached hydrogens (tertiary/aromatic N) is 1. The molecular weight excluding hydrogens is 530 g/mol. The lowest BCUT2D eigenvalue weighted by Gasteiger charge is -2.52. The van der Waals surface area contributed by atoms with E-state index in [1.54, 1.807) is 39.0 Å². The lowest BCUT2D eigenvalue weighted by Crippen LogP contribution is -2.74. The van der Waals surface area contributed by atoms with Crippen molar-refractivity contribution >= 4 is 51.4 Å². The Kier molecular flexibility index (Phi) is 6.47. The largest absolute Gasteiger partial charge is 0.507 e. The molecule has 5 rings (SSSR count). The highest BCUT2D eigenvalue weighted by Gasteiger charge is 2.69. The van der Waals surface area contributed by atoms with Crippen LogP contribution in [0.4, 0.5) is 5.69 Å². The van der Waals surface area contributed by atoms with E-state index in [0.717, 1.165) is 0 Å². The van der Waals surface area contributed by atoms with Crippen LogP contribution in [0.5, 0.6) is 5.75 Å². The van der Waals surface area contributed by atoms with E-state index in [2.05, 4.69) is 5.32 Å². The van der Waals surface area contributed by atoms with Gasteiger partial charge in [-0.05, 0) is 55.9 Å². The fraction of sp³-hybridized carbons (Fsp3) is 0.467. The third kappa shape index (κ3) is 4.09. The van der Waals surface area contributed by atoms with E-state index in [-0.39, 0.29) is 35.4 Å². The van der Waals surface area contributed by atoms with E-state index in [4.69, 9.17) is 5.73 Å². The summed E-state index contributed by atoms with van der Waals surface area (Å²) in [5.41, 5.74) is 2.72. The van der Waals surface area contributed by atoms with E-state index in [0.29, 0.717) is 16.6 Å². The highest BCUT2D eigenvalue weighted by molar-refractivity contribution is 6.32. The number of carbonyl (C=O) groups excluding carboxylic acids is 6. The highest BCUT2D eigenvalue weighted by Crippen LogP contribution is 2.51. The van der Waals surface area contributed by atoms with Gasteiger partial charge in [-0.15, -0.1) is 0 Å². The van der Waals surface area contributed by atoms with Crippen molar-refractivity contribution in [2.24, 2.45) is 34.8 Å². The Bertz CT molecular complexity index is 1570. The van der Waals surface area contributed by atoms with Crippen molar-refractivity contribution in [3.63, 3.8) is 0 Å². The van der Waals surface area contributed by atoms with Crippen LogP contribution in [0, 0.1) is 29.1 Å². The molecule has 11 heteroatoms. The molecule has 2 aromatic rings. The SMILES string of the molecule is CN(C)[C@@H]1C(=O)C(C(N)=O)C(=O)[C@@]2(O)C(=O)C3C(=O)c4c(cc5ccc(NC(=O)C(C)(C)C)cc5c4O)C[C@H]3C[C@@H]12. The maximum atomic E-state index is 13.9. The number of aliphatic hydroxyl groups is 1. The van der Waals surface area contributed by atoms with Crippen molar-refractivity contribution in [3.8, 4) is 5.75 Å². The number of fused-ring (bicyclic) bond motifs is 4. The number of benzene rings is 2. The van der Waals surface area contributed by atoms with Gasteiger partial charge in [0.1, 0.15) is 5.75 Å². The minimum atomic E-state index is -2.77. The number of hydrogen-bond donors (Lipinski definition) is 4. The number of carbonyl (C=O) groups is 6. The molecule has 2 fully saturated rings. The van der Waals surface area contributed by atoms with Crippen LogP contribution in [0.15, 0.2) is 24.3 Å². The number of hydrogen-bond acceptors (Lipinski definition) is 9. The summed E-state index contributed by atoms with van der Waals surface area (Å²) in [7, 11) is 3.08. The summed E-state index contributed by atoms with van der Waals surface area (Å²) >= 11 is 0. The average molecular weight is 564 g/mol. The third-order valence-corrected chi connectivity index (χ3v) is 8.80. The van der Waals surface area contributed by atoms with Crippen LogP contribution in [0.25, 0.3) is 10.8 Å². The molecule has 2 saturated carbocycles. The number of phenols is 1. The molecule has 3 aliphatic carbocycles. The molecule has 2 amide bonds. The van der Waals surface area contributed by atoms with Gasteiger partial charge in [-0.25, -0.2) is 0 Å². The Balaban J connectivity index is 1.60. The first-order valence-corrected chi connectivity index (χ1v) is 13.4. The van der Waals surface area contributed by atoms with Crippen LogP contribution in [-0.2, 0) is 30.4 Å². The van der Waals surface area contributed by atoms with E-state index < -0.39 is 69.8 Å². The molecule has 5 N–H and O–H groups in total. The van der Waals surface area contributed by atoms with Crippen molar-refractivity contribution < 1.29 is 39.0 Å². The van der Waals surface area contributed by atoms with Crippen LogP contribution in [-0.4, -0.2) is 75.8 Å². The number of nitrogens with one attached hydrogen (secondary N) is 1. The second-order valence-corrected chi connectivity index (χ2v) is 12.7. The number of nitrogens with two attached hydrogens (primary N) is 1. The Morgan fingerprint density at radius 1 is 1.07 bits per heavy atom. The quantitative estimate of drug-likeness (QED) is 0.396. The van der Waals surface area contributed by atoms with Gasteiger partial charge >= 0.3 is 0 Å². The molecule has 11 nitrogen and oxygen atoms in total. The highest BCUT2D eigenvalue weighted by atomic mass is 16.3. The van der Waals surface area contributed by atoms with Gasteiger partial charge in [-0.2, -0.15) is 0 Å². The molecule has 0 heterocycles. The van der Waals surface area contributed by atoms with E-state index in [9.17, 15) is 39.0 Å². The van der Waals surface area contributed by atoms with Crippen molar-refractivity contribution in [3.05, 3.63) is 35.4 Å². The molecule has 3 aliphatic rings. The van der Waals surface area contributed by atoms with Gasteiger partial charge in [-0.1, -0.05) is 32.9 Å². The van der Waals surface area contributed by atoms with Gasteiger partial charge < -0.3 is 21.3 Å². The molecule has 0 saturated heterocycles. The minimum absolute atomic E-state index is 0.0134. The van der Waals surface area contributed by atoms with E-state index in [1.807, 2.05) is 0 Å². The normalized spacial score (nSPS) is 29.7. The smallest absolute Gasteiger partial charge is 0.235 e. The van der Waals surface area contributed by atoms with Gasteiger partial charge in [0.15, 0.2) is 34.7 Å². The number of aromatic hydroxyl groups is 1. The molecule has 0 bridgehead atoms. The second kappa shape index (κ2) is 9.28. The molecule has 0 radical (unpaired) electrons. The molecule has 6 atom stereocenters. The van der Waals surface area contributed by atoms with Crippen molar-refractivity contribution in [2.75, 3.05) is 19.4 Å². The predicted octanol–water partition coefficient (Wildman–Crippen LogP) is 1.00. The summed E-state index contributed by atoms with van der Waals surface area (Å²) in [5, 5.41) is 26.6. The zero-order valence-corrected chi connectivity index (χ0v) is 23.5.